The molecule has 29 heavy (non-hydrogen) atoms. The molecule has 3 aliphatic rings. The standard InChI is InChI=1S/C23H34N4O2/c24-19-5-1-17(2-6-19)11-12-26-13-15-27(16-14-26)20-7-3-18(4-8-20)21-9-10-22(28)25-23(21)29/h3-4,7-8,17,19,21H,1-2,5-6,9-16,24H2,(H,25,28,29). The van der Waals surface area contributed by atoms with Gasteiger partial charge in [-0.15, -0.1) is 0 Å². The number of hydrogen-bond acceptors (Lipinski definition) is 5. The van der Waals surface area contributed by atoms with Crippen molar-refractivity contribution in [3.63, 3.8) is 0 Å². The first-order chi connectivity index (χ1) is 14.1. The van der Waals surface area contributed by atoms with E-state index in [1.807, 2.05) is 0 Å². The topological polar surface area (TPSA) is 78.7 Å². The van der Waals surface area contributed by atoms with Crippen molar-refractivity contribution >= 4 is 17.5 Å². The Kier molecular flexibility index (Phi) is 6.50. The molecule has 0 bridgehead atoms. The third-order valence-corrected chi connectivity index (χ3v) is 7.02. The average Bonchev–Trinajstić information content (AvgIpc) is 2.74. The van der Waals surface area contributed by atoms with Crippen LogP contribution in [0.3, 0.4) is 0 Å². The van der Waals surface area contributed by atoms with Crippen LogP contribution in [0.5, 0.6) is 0 Å². The SMILES string of the molecule is NC1CCC(CCN2CCN(c3ccc(C4CCC(=O)NC4=O)cc3)CC2)CC1. The molecule has 0 spiro atoms. The number of imide groups is 1. The van der Waals surface area contributed by atoms with Gasteiger partial charge in [0.25, 0.3) is 0 Å². The number of anilines is 1. The zero-order valence-corrected chi connectivity index (χ0v) is 17.3. The van der Waals surface area contributed by atoms with Crippen molar-refractivity contribution in [2.24, 2.45) is 11.7 Å². The molecule has 1 atom stereocenters. The highest BCUT2D eigenvalue weighted by Crippen LogP contribution is 2.28. The summed E-state index contributed by atoms with van der Waals surface area (Å²) in [5.74, 6) is 0.343. The molecular weight excluding hydrogens is 364 g/mol. The number of carbonyl (C=O) groups is 2. The number of rotatable bonds is 5. The molecule has 0 aromatic heterocycles. The highest BCUT2D eigenvalue weighted by atomic mass is 16.2. The van der Waals surface area contributed by atoms with E-state index in [4.69, 9.17) is 5.73 Å². The molecule has 3 fully saturated rings. The summed E-state index contributed by atoms with van der Waals surface area (Å²) in [6.07, 6.45) is 7.36. The molecule has 158 valence electrons. The predicted octanol–water partition coefficient (Wildman–Crippen LogP) is 2.24. The molecule has 2 aliphatic heterocycles. The van der Waals surface area contributed by atoms with E-state index in [0.29, 0.717) is 18.9 Å². The quantitative estimate of drug-likeness (QED) is 0.744. The molecular formula is C23H34N4O2. The Balaban J connectivity index is 1.23. The predicted molar refractivity (Wildman–Crippen MR) is 115 cm³/mol. The zero-order valence-electron chi connectivity index (χ0n) is 17.3. The van der Waals surface area contributed by atoms with Crippen LogP contribution in [-0.4, -0.2) is 55.5 Å². The summed E-state index contributed by atoms with van der Waals surface area (Å²) in [5, 5.41) is 2.45. The second-order valence-electron chi connectivity index (χ2n) is 8.99. The summed E-state index contributed by atoms with van der Waals surface area (Å²) < 4.78 is 0. The fourth-order valence-corrected chi connectivity index (χ4v) is 5.00. The first-order valence-corrected chi connectivity index (χ1v) is 11.2. The molecule has 3 N–H and O–H groups in total. The summed E-state index contributed by atoms with van der Waals surface area (Å²) in [6, 6.07) is 8.79. The lowest BCUT2D eigenvalue weighted by Gasteiger charge is -2.37. The number of piperazine rings is 1. The minimum absolute atomic E-state index is 0.159. The van der Waals surface area contributed by atoms with Gasteiger partial charge in [0.1, 0.15) is 0 Å². The molecule has 1 aliphatic carbocycles. The number of piperidine rings is 1. The van der Waals surface area contributed by atoms with Gasteiger partial charge in [0.2, 0.25) is 11.8 Å². The Morgan fingerprint density at radius 1 is 0.931 bits per heavy atom. The van der Waals surface area contributed by atoms with Gasteiger partial charge in [0.05, 0.1) is 5.92 Å². The molecule has 2 amide bonds. The van der Waals surface area contributed by atoms with E-state index in [0.717, 1.165) is 37.7 Å². The second-order valence-corrected chi connectivity index (χ2v) is 8.99. The number of carbonyl (C=O) groups excluding carboxylic acids is 2. The lowest BCUT2D eigenvalue weighted by atomic mass is 9.84. The van der Waals surface area contributed by atoms with Crippen molar-refractivity contribution in [2.45, 2.75) is 56.9 Å². The number of nitrogens with one attached hydrogen (secondary N) is 1. The van der Waals surface area contributed by atoms with E-state index < -0.39 is 0 Å². The Morgan fingerprint density at radius 3 is 2.28 bits per heavy atom. The molecule has 0 radical (unpaired) electrons. The largest absolute Gasteiger partial charge is 0.369 e. The number of nitrogens with zero attached hydrogens (tertiary/aromatic N) is 2. The Labute approximate surface area is 173 Å². The average molecular weight is 399 g/mol. The minimum Gasteiger partial charge on any atom is -0.369 e. The molecule has 1 unspecified atom stereocenters. The van der Waals surface area contributed by atoms with E-state index in [1.54, 1.807) is 0 Å². The number of benzene rings is 1. The van der Waals surface area contributed by atoms with Gasteiger partial charge in [-0.2, -0.15) is 0 Å². The summed E-state index contributed by atoms with van der Waals surface area (Å²) in [4.78, 5) is 28.4. The maximum atomic E-state index is 12.1. The van der Waals surface area contributed by atoms with Gasteiger partial charge in [-0.25, -0.2) is 0 Å². The fourth-order valence-electron chi connectivity index (χ4n) is 5.00. The van der Waals surface area contributed by atoms with Gasteiger partial charge in [-0.1, -0.05) is 12.1 Å². The number of amides is 2. The zero-order chi connectivity index (χ0) is 20.2. The van der Waals surface area contributed by atoms with Crippen LogP contribution in [-0.2, 0) is 9.59 Å². The third-order valence-electron chi connectivity index (χ3n) is 7.02. The summed E-state index contributed by atoms with van der Waals surface area (Å²) in [7, 11) is 0. The molecule has 6 nitrogen and oxygen atoms in total. The van der Waals surface area contributed by atoms with Crippen molar-refractivity contribution in [3.8, 4) is 0 Å². The van der Waals surface area contributed by atoms with Crippen LogP contribution in [0, 0.1) is 5.92 Å². The smallest absolute Gasteiger partial charge is 0.234 e. The lowest BCUT2D eigenvalue weighted by molar-refractivity contribution is -0.134. The van der Waals surface area contributed by atoms with E-state index >= 15 is 0 Å². The monoisotopic (exact) mass is 398 g/mol. The van der Waals surface area contributed by atoms with Crippen molar-refractivity contribution in [3.05, 3.63) is 29.8 Å². The molecule has 4 rings (SSSR count). The van der Waals surface area contributed by atoms with Gasteiger partial charge in [0, 0.05) is 44.3 Å². The second kappa shape index (κ2) is 9.26. The molecule has 6 heteroatoms. The van der Waals surface area contributed by atoms with Gasteiger partial charge in [-0.3, -0.25) is 19.8 Å². The lowest BCUT2D eigenvalue weighted by Crippen LogP contribution is -2.47. The van der Waals surface area contributed by atoms with Crippen LogP contribution in [0.1, 0.15) is 56.4 Å². The summed E-state index contributed by atoms with van der Waals surface area (Å²) in [6.45, 7) is 5.53. The highest BCUT2D eigenvalue weighted by Gasteiger charge is 2.28. The molecule has 1 saturated carbocycles. The first-order valence-electron chi connectivity index (χ1n) is 11.2. The Morgan fingerprint density at radius 2 is 1.62 bits per heavy atom. The maximum Gasteiger partial charge on any atom is 0.234 e. The minimum atomic E-state index is -0.201. The van der Waals surface area contributed by atoms with Crippen LogP contribution in [0.25, 0.3) is 0 Å². The van der Waals surface area contributed by atoms with E-state index in [2.05, 4.69) is 39.4 Å². The summed E-state index contributed by atoms with van der Waals surface area (Å²) in [5.41, 5.74) is 8.25. The molecule has 2 heterocycles. The maximum absolute atomic E-state index is 12.1. The first kappa shape index (κ1) is 20.4. The Hall–Kier alpha value is -1.92. The van der Waals surface area contributed by atoms with E-state index in [9.17, 15) is 9.59 Å². The van der Waals surface area contributed by atoms with Gasteiger partial charge in [0.15, 0.2) is 0 Å². The van der Waals surface area contributed by atoms with E-state index in [-0.39, 0.29) is 17.7 Å². The normalized spacial score (nSPS) is 29.0. The molecule has 1 aromatic carbocycles. The van der Waals surface area contributed by atoms with Crippen molar-refractivity contribution < 1.29 is 9.59 Å². The van der Waals surface area contributed by atoms with Gasteiger partial charge in [-0.05, 0) is 68.7 Å². The van der Waals surface area contributed by atoms with Crippen molar-refractivity contribution in [1.82, 2.24) is 10.2 Å². The van der Waals surface area contributed by atoms with Crippen molar-refractivity contribution in [1.29, 1.82) is 0 Å². The number of nitrogens with two attached hydrogens (primary N) is 1. The van der Waals surface area contributed by atoms with Gasteiger partial charge >= 0.3 is 0 Å². The van der Waals surface area contributed by atoms with Crippen LogP contribution < -0.4 is 16.0 Å². The summed E-state index contributed by atoms with van der Waals surface area (Å²) >= 11 is 0. The fraction of sp³-hybridized carbons (Fsp3) is 0.652. The van der Waals surface area contributed by atoms with Crippen LogP contribution >= 0.6 is 0 Å². The van der Waals surface area contributed by atoms with E-state index in [1.165, 1.54) is 44.3 Å². The third kappa shape index (κ3) is 5.17. The highest BCUT2D eigenvalue weighted by molar-refractivity contribution is 6.00. The van der Waals surface area contributed by atoms with Crippen LogP contribution in [0.2, 0.25) is 0 Å². The van der Waals surface area contributed by atoms with Crippen molar-refractivity contribution in [2.75, 3.05) is 37.6 Å². The van der Waals surface area contributed by atoms with Gasteiger partial charge < -0.3 is 10.6 Å². The van der Waals surface area contributed by atoms with Crippen LogP contribution in [0.4, 0.5) is 5.69 Å². The number of hydrogen-bond donors (Lipinski definition) is 2. The Bertz CT molecular complexity index is 704. The van der Waals surface area contributed by atoms with Crippen LogP contribution in [0.15, 0.2) is 24.3 Å². The molecule has 1 aromatic rings. The molecule has 2 saturated heterocycles.